The van der Waals surface area contributed by atoms with E-state index in [1.165, 1.54) is 0 Å². The Morgan fingerprint density at radius 2 is 2.11 bits per heavy atom. The molecule has 0 aromatic rings. The van der Waals surface area contributed by atoms with Crippen LogP contribution in [0.25, 0.3) is 0 Å². The van der Waals surface area contributed by atoms with Gasteiger partial charge in [-0.1, -0.05) is 0 Å². The molecule has 9 heavy (non-hydrogen) atoms. The van der Waals surface area contributed by atoms with E-state index in [9.17, 15) is 0 Å². The summed E-state index contributed by atoms with van der Waals surface area (Å²) in [5.41, 5.74) is 5.22. The maximum Gasteiger partial charge on any atom is 0.0691 e. The van der Waals surface area contributed by atoms with Gasteiger partial charge < -0.3 is 15.9 Å². The summed E-state index contributed by atoms with van der Waals surface area (Å²) in [5.74, 6) is 4.79. The zero-order chi connectivity index (χ0) is 6.95. The lowest BCUT2D eigenvalue weighted by molar-refractivity contribution is 0.135. The summed E-state index contributed by atoms with van der Waals surface area (Å²) in [6.07, 6.45) is 0.941. The highest BCUT2D eigenvalue weighted by Gasteiger charge is 1.84. The van der Waals surface area contributed by atoms with Gasteiger partial charge in [0.1, 0.15) is 0 Å². The molecule has 0 spiro atoms. The first-order valence-corrected chi connectivity index (χ1v) is 3.14. The molecule has 0 aliphatic rings. The molecule has 0 aromatic carbocycles. The Labute approximate surface area is 55.5 Å². The van der Waals surface area contributed by atoms with Crippen molar-refractivity contribution in [1.82, 2.24) is 5.32 Å². The summed E-state index contributed by atoms with van der Waals surface area (Å²) in [5, 5.41) is 3.11. The molecular weight excluding hydrogens is 118 g/mol. The van der Waals surface area contributed by atoms with E-state index in [0.717, 1.165) is 19.5 Å². The lowest BCUT2D eigenvalue weighted by Crippen LogP contribution is -2.24. The van der Waals surface area contributed by atoms with Gasteiger partial charge in [-0.05, 0) is 13.0 Å². The van der Waals surface area contributed by atoms with Gasteiger partial charge in [0.15, 0.2) is 0 Å². The first-order valence-electron chi connectivity index (χ1n) is 3.14. The van der Waals surface area contributed by atoms with Gasteiger partial charge in [-0.25, -0.2) is 5.90 Å². The average molecular weight is 133 g/mol. The van der Waals surface area contributed by atoms with Crippen LogP contribution in [0.2, 0.25) is 0 Å². The fourth-order valence-corrected chi connectivity index (χ4v) is 0.508. The largest absolute Gasteiger partial charge is 0.329 e. The summed E-state index contributed by atoms with van der Waals surface area (Å²) in [6, 6.07) is 0. The first kappa shape index (κ1) is 8.84. The fourth-order valence-electron chi connectivity index (χ4n) is 0.508. The number of rotatable bonds is 6. The third-order valence-electron chi connectivity index (χ3n) is 0.937. The van der Waals surface area contributed by atoms with Crippen molar-refractivity contribution in [3.63, 3.8) is 0 Å². The standard InChI is InChI=1S/C5H15N3O/c6-2-4-8-3-1-5-9-7/h8H,1-7H2. The molecule has 4 nitrogen and oxygen atoms in total. The van der Waals surface area contributed by atoms with Crippen LogP contribution < -0.4 is 16.9 Å². The summed E-state index contributed by atoms with van der Waals surface area (Å²) >= 11 is 0. The molecule has 56 valence electrons. The van der Waals surface area contributed by atoms with Gasteiger partial charge >= 0.3 is 0 Å². The van der Waals surface area contributed by atoms with Crippen LogP contribution in [0.15, 0.2) is 0 Å². The van der Waals surface area contributed by atoms with Gasteiger partial charge in [-0.2, -0.15) is 0 Å². The molecule has 0 heterocycles. The second kappa shape index (κ2) is 7.84. The van der Waals surface area contributed by atoms with Crippen LogP contribution >= 0.6 is 0 Å². The Balaban J connectivity index is 2.60. The lowest BCUT2D eigenvalue weighted by Gasteiger charge is -1.99. The van der Waals surface area contributed by atoms with E-state index in [0.29, 0.717) is 13.2 Å². The molecule has 0 fully saturated rings. The van der Waals surface area contributed by atoms with Gasteiger partial charge in [0, 0.05) is 13.1 Å². The fraction of sp³-hybridized carbons (Fsp3) is 1.00. The maximum absolute atomic E-state index is 5.22. The van der Waals surface area contributed by atoms with Crippen LogP contribution in [-0.4, -0.2) is 26.2 Å². The van der Waals surface area contributed by atoms with E-state index in [4.69, 9.17) is 11.6 Å². The van der Waals surface area contributed by atoms with Crippen LogP contribution in [0.3, 0.4) is 0 Å². The molecule has 0 aliphatic carbocycles. The normalized spacial score (nSPS) is 10.0. The zero-order valence-electron chi connectivity index (χ0n) is 5.60. The van der Waals surface area contributed by atoms with Gasteiger partial charge in [0.05, 0.1) is 6.61 Å². The molecule has 0 unspecified atom stereocenters. The molecule has 5 N–H and O–H groups in total. The first-order chi connectivity index (χ1) is 4.41. The van der Waals surface area contributed by atoms with Crippen molar-refractivity contribution in [2.45, 2.75) is 6.42 Å². The van der Waals surface area contributed by atoms with Crippen molar-refractivity contribution in [2.75, 3.05) is 26.2 Å². The summed E-state index contributed by atoms with van der Waals surface area (Å²) in [4.78, 5) is 4.35. The van der Waals surface area contributed by atoms with Crippen molar-refractivity contribution in [2.24, 2.45) is 11.6 Å². The quantitative estimate of drug-likeness (QED) is 0.315. The Kier molecular flexibility index (Phi) is 7.70. The van der Waals surface area contributed by atoms with Gasteiger partial charge in [-0.15, -0.1) is 0 Å². The molecule has 0 radical (unpaired) electrons. The average Bonchev–Trinajstić information content (AvgIpc) is 1.89. The molecule has 0 saturated heterocycles. The maximum atomic E-state index is 5.22. The second-order valence-electron chi connectivity index (χ2n) is 1.76. The van der Waals surface area contributed by atoms with Gasteiger partial charge in [-0.3, -0.25) is 0 Å². The van der Waals surface area contributed by atoms with Gasteiger partial charge in [0.2, 0.25) is 0 Å². The molecule has 0 rings (SSSR count). The molecule has 0 aliphatic heterocycles. The van der Waals surface area contributed by atoms with E-state index in [2.05, 4.69) is 10.2 Å². The van der Waals surface area contributed by atoms with Crippen molar-refractivity contribution < 1.29 is 4.84 Å². The van der Waals surface area contributed by atoms with Crippen LogP contribution in [0.4, 0.5) is 0 Å². The molecule has 0 atom stereocenters. The highest BCUT2D eigenvalue weighted by atomic mass is 16.6. The van der Waals surface area contributed by atoms with Crippen LogP contribution in [0, 0.1) is 0 Å². The molecule has 4 heteroatoms. The Morgan fingerprint density at radius 1 is 1.33 bits per heavy atom. The van der Waals surface area contributed by atoms with Crippen LogP contribution in [0.5, 0.6) is 0 Å². The third kappa shape index (κ3) is 7.84. The molecule has 0 aromatic heterocycles. The minimum absolute atomic E-state index is 0.609. The predicted molar refractivity (Wildman–Crippen MR) is 36.7 cm³/mol. The molecular formula is C5H15N3O. The van der Waals surface area contributed by atoms with E-state index < -0.39 is 0 Å². The number of hydrogen-bond acceptors (Lipinski definition) is 4. The Morgan fingerprint density at radius 3 is 2.67 bits per heavy atom. The number of nitrogens with two attached hydrogens (primary N) is 2. The minimum atomic E-state index is 0.609. The zero-order valence-corrected chi connectivity index (χ0v) is 5.60. The Hall–Kier alpha value is -0.160. The number of nitrogens with one attached hydrogen (secondary N) is 1. The van der Waals surface area contributed by atoms with Gasteiger partial charge in [0.25, 0.3) is 0 Å². The van der Waals surface area contributed by atoms with Crippen molar-refractivity contribution >= 4 is 0 Å². The predicted octanol–water partition coefficient (Wildman–Crippen LogP) is -1.18. The van der Waals surface area contributed by atoms with Crippen molar-refractivity contribution in [3.8, 4) is 0 Å². The van der Waals surface area contributed by atoms with Crippen LogP contribution in [-0.2, 0) is 4.84 Å². The Bertz CT molecular complexity index is 45.5. The highest BCUT2D eigenvalue weighted by molar-refractivity contribution is 4.45. The minimum Gasteiger partial charge on any atom is -0.329 e. The van der Waals surface area contributed by atoms with E-state index in [-0.39, 0.29) is 0 Å². The summed E-state index contributed by atoms with van der Waals surface area (Å²) in [6.45, 7) is 3.08. The lowest BCUT2D eigenvalue weighted by atomic mass is 10.4. The topological polar surface area (TPSA) is 73.3 Å². The SMILES string of the molecule is NCCNCCCON. The van der Waals surface area contributed by atoms with Crippen LogP contribution in [0.1, 0.15) is 6.42 Å². The monoisotopic (exact) mass is 133 g/mol. The van der Waals surface area contributed by atoms with Crippen molar-refractivity contribution in [1.29, 1.82) is 0 Å². The smallest absolute Gasteiger partial charge is 0.0691 e. The van der Waals surface area contributed by atoms with Crippen molar-refractivity contribution in [3.05, 3.63) is 0 Å². The molecule has 0 amide bonds. The molecule has 0 saturated carbocycles. The van der Waals surface area contributed by atoms with E-state index in [1.54, 1.807) is 0 Å². The second-order valence-corrected chi connectivity index (χ2v) is 1.76. The van der Waals surface area contributed by atoms with E-state index >= 15 is 0 Å². The number of hydrogen-bond donors (Lipinski definition) is 3. The summed E-state index contributed by atoms with van der Waals surface area (Å²) in [7, 11) is 0. The van der Waals surface area contributed by atoms with E-state index in [1.807, 2.05) is 0 Å². The third-order valence-corrected chi connectivity index (χ3v) is 0.937. The highest BCUT2D eigenvalue weighted by Crippen LogP contribution is 1.72. The summed E-state index contributed by atoms with van der Waals surface area (Å²) < 4.78 is 0. The molecule has 0 bridgehead atoms.